The summed E-state index contributed by atoms with van der Waals surface area (Å²) in [5.74, 6) is 0. The van der Waals surface area contributed by atoms with Crippen LogP contribution in [0.15, 0.2) is 47.4 Å². The monoisotopic (exact) mass is 372 g/mol. The third-order valence-electron chi connectivity index (χ3n) is 4.86. The molecule has 1 aliphatic rings. The number of carbonyl (C=O) groups is 1. The lowest BCUT2D eigenvalue weighted by atomic mass is 9.90. The maximum absolute atomic E-state index is 12.7. The third kappa shape index (κ3) is 3.60. The van der Waals surface area contributed by atoms with E-state index in [0.717, 1.165) is 24.0 Å². The first-order valence-corrected chi connectivity index (χ1v) is 10.3. The number of aryl methyl sites for hydroxylation is 2. The van der Waals surface area contributed by atoms with Crippen molar-refractivity contribution in [2.24, 2.45) is 0 Å². The number of rotatable bonds is 3. The number of fused-ring (bicyclic) bond motifs is 1. The molecular formula is C20H24N2O3S. The number of carbonyl (C=O) groups excluding carboxylic acids is 1. The van der Waals surface area contributed by atoms with Gasteiger partial charge in [0.2, 0.25) is 0 Å². The SMILES string of the molecule is CCC1c2ccc(C)cc2CCN1C(=O)NS(=O)(=O)c1ccc(C)cc1. The van der Waals surface area contributed by atoms with Crippen LogP contribution in [0.3, 0.4) is 0 Å². The molecule has 26 heavy (non-hydrogen) atoms. The first kappa shape index (κ1) is 18.5. The van der Waals surface area contributed by atoms with Gasteiger partial charge in [0.25, 0.3) is 10.0 Å². The Morgan fingerprint density at radius 3 is 2.42 bits per heavy atom. The van der Waals surface area contributed by atoms with E-state index in [2.05, 4.69) is 17.7 Å². The highest BCUT2D eigenvalue weighted by Gasteiger charge is 2.31. The van der Waals surface area contributed by atoms with Crippen molar-refractivity contribution in [3.8, 4) is 0 Å². The smallest absolute Gasteiger partial charge is 0.317 e. The van der Waals surface area contributed by atoms with Crippen LogP contribution >= 0.6 is 0 Å². The number of sulfonamides is 1. The summed E-state index contributed by atoms with van der Waals surface area (Å²) in [6.45, 7) is 6.45. The molecule has 2 amide bonds. The summed E-state index contributed by atoms with van der Waals surface area (Å²) in [5.41, 5.74) is 4.50. The first-order chi connectivity index (χ1) is 12.3. The fourth-order valence-corrected chi connectivity index (χ4v) is 4.43. The quantitative estimate of drug-likeness (QED) is 0.893. The van der Waals surface area contributed by atoms with Crippen molar-refractivity contribution < 1.29 is 13.2 Å². The Hall–Kier alpha value is -2.34. The van der Waals surface area contributed by atoms with Crippen LogP contribution in [0, 0.1) is 13.8 Å². The minimum atomic E-state index is -3.88. The number of amides is 2. The van der Waals surface area contributed by atoms with Crippen LogP contribution in [0.5, 0.6) is 0 Å². The first-order valence-electron chi connectivity index (χ1n) is 8.81. The molecule has 3 rings (SSSR count). The van der Waals surface area contributed by atoms with Gasteiger partial charge in [0.15, 0.2) is 0 Å². The third-order valence-corrected chi connectivity index (χ3v) is 6.19. The van der Waals surface area contributed by atoms with Crippen molar-refractivity contribution in [1.29, 1.82) is 0 Å². The van der Waals surface area contributed by atoms with Gasteiger partial charge < -0.3 is 4.90 Å². The largest absolute Gasteiger partial charge is 0.331 e. The van der Waals surface area contributed by atoms with Gasteiger partial charge in [-0.2, -0.15) is 0 Å². The van der Waals surface area contributed by atoms with E-state index in [1.807, 2.05) is 26.0 Å². The minimum Gasteiger partial charge on any atom is -0.317 e. The molecule has 0 saturated heterocycles. The summed E-state index contributed by atoms with van der Waals surface area (Å²) in [5, 5.41) is 0. The molecule has 0 bridgehead atoms. The molecule has 2 aromatic carbocycles. The molecule has 2 aromatic rings. The van der Waals surface area contributed by atoms with E-state index in [9.17, 15) is 13.2 Å². The van der Waals surface area contributed by atoms with E-state index in [1.165, 1.54) is 23.3 Å². The molecule has 1 heterocycles. The Morgan fingerprint density at radius 2 is 1.77 bits per heavy atom. The summed E-state index contributed by atoms with van der Waals surface area (Å²) in [7, 11) is -3.88. The average Bonchev–Trinajstić information content (AvgIpc) is 2.60. The van der Waals surface area contributed by atoms with Gasteiger partial charge in [-0.05, 0) is 49.9 Å². The van der Waals surface area contributed by atoms with Crippen LogP contribution in [0.2, 0.25) is 0 Å². The van der Waals surface area contributed by atoms with E-state index in [4.69, 9.17) is 0 Å². The lowest BCUT2D eigenvalue weighted by molar-refractivity contribution is 0.172. The van der Waals surface area contributed by atoms with Crippen molar-refractivity contribution >= 4 is 16.1 Å². The molecule has 0 saturated carbocycles. The fourth-order valence-electron chi connectivity index (χ4n) is 3.47. The van der Waals surface area contributed by atoms with Crippen LogP contribution in [0.4, 0.5) is 4.79 Å². The Morgan fingerprint density at radius 1 is 1.12 bits per heavy atom. The molecule has 0 aromatic heterocycles. The minimum absolute atomic E-state index is 0.0949. The lowest BCUT2D eigenvalue weighted by Crippen LogP contribution is -2.47. The maximum atomic E-state index is 12.7. The van der Waals surface area contributed by atoms with Crippen molar-refractivity contribution in [1.82, 2.24) is 9.62 Å². The molecule has 5 nitrogen and oxygen atoms in total. The van der Waals surface area contributed by atoms with Crippen molar-refractivity contribution in [2.45, 2.75) is 44.6 Å². The van der Waals surface area contributed by atoms with Gasteiger partial charge in [-0.15, -0.1) is 0 Å². The molecule has 0 spiro atoms. The molecular weight excluding hydrogens is 348 g/mol. The predicted molar refractivity (Wildman–Crippen MR) is 102 cm³/mol. The molecule has 1 N–H and O–H groups in total. The van der Waals surface area contributed by atoms with E-state index < -0.39 is 16.1 Å². The number of urea groups is 1. The maximum Gasteiger partial charge on any atom is 0.331 e. The predicted octanol–water partition coefficient (Wildman–Crippen LogP) is 3.71. The molecule has 1 unspecified atom stereocenters. The summed E-state index contributed by atoms with van der Waals surface area (Å²) >= 11 is 0. The average molecular weight is 372 g/mol. The Kier molecular flexibility index (Phi) is 5.05. The Labute approximate surface area is 155 Å². The van der Waals surface area contributed by atoms with Gasteiger partial charge in [-0.3, -0.25) is 0 Å². The number of hydrogen-bond donors (Lipinski definition) is 1. The highest BCUT2D eigenvalue weighted by molar-refractivity contribution is 7.90. The normalized spacial score (nSPS) is 16.9. The topological polar surface area (TPSA) is 66.5 Å². The molecule has 0 aliphatic carbocycles. The number of nitrogens with one attached hydrogen (secondary N) is 1. The summed E-state index contributed by atoms with van der Waals surface area (Å²) in [6.07, 6.45) is 1.46. The zero-order chi connectivity index (χ0) is 18.9. The second-order valence-corrected chi connectivity index (χ2v) is 8.48. The summed E-state index contributed by atoms with van der Waals surface area (Å²) in [4.78, 5) is 14.5. The number of benzene rings is 2. The highest BCUT2D eigenvalue weighted by Crippen LogP contribution is 2.32. The van der Waals surface area contributed by atoms with Crippen LogP contribution < -0.4 is 4.72 Å². The zero-order valence-electron chi connectivity index (χ0n) is 15.3. The molecule has 1 atom stereocenters. The van der Waals surface area contributed by atoms with Gasteiger partial charge in [0.05, 0.1) is 10.9 Å². The molecule has 1 aliphatic heterocycles. The summed E-state index contributed by atoms with van der Waals surface area (Å²) in [6, 6.07) is 12.0. The molecule has 138 valence electrons. The summed E-state index contributed by atoms with van der Waals surface area (Å²) < 4.78 is 27.3. The van der Waals surface area contributed by atoms with Gasteiger partial charge in [0, 0.05) is 6.54 Å². The standard InChI is InChI=1S/C20H24N2O3S/c1-4-19-18-10-7-15(3)13-16(18)11-12-22(19)20(23)21-26(24,25)17-8-5-14(2)6-9-17/h5-10,13,19H,4,11-12H2,1-3H3,(H,21,23). The van der Waals surface area contributed by atoms with E-state index in [-0.39, 0.29) is 10.9 Å². The second-order valence-electron chi connectivity index (χ2n) is 6.79. The molecule has 6 heteroatoms. The fraction of sp³-hybridized carbons (Fsp3) is 0.350. The van der Waals surface area contributed by atoms with E-state index in [0.29, 0.717) is 6.54 Å². The second kappa shape index (κ2) is 7.11. The number of nitrogens with zero attached hydrogens (tertiary/aromatic N) is 1. The lowest BCUT2D eigenvalue weighted by Gasteiger charge is -2.37. The van der Waals surface area contributed by atoms with Crippen LogP contribution in [0.1, 0.15) is 41.6 Å². The highest BCUT2D eigenvalue weighted by atomic mass is 32.2. The van der Waals surface area contributed by atoms with Gasteiger partial charge in [-0.25, -0.2) is 17.9 Å². The van der Waals surface area contributed by atoms with Gasteiger partial charge in [0.1, 0.15) is 0 Å². The van der Waals surface area contributed by atoms with Gasteiger partial charge >= 0.3 is 6.03 Å². The van der Waals surface area contributed by atoms with Crippen LogP contribution in [-0.4, -0.2) is 25.9 Å². The van der Waals surface area contributed by atoms with Crippen molar-refractivity contribution in [3.05, 3.63) is 64.7 Å². The number of hydrogen-bond acceptors (Lipinski definition) is 3. The van der Waals surface area contributed by atoms with Crippen LogP contribution in [-0.2, 0) is 16.4 Å². The molecule has 0 fully saturated rings. The van der Waals surface area contributed by atoms with Crippen molar-refractivity contribution in [2.75, 3.05) is 6.54 Å². The zero-order valence-corrected chi connectivity index (χ0v) is 16.1. The van der Waals surface area contributed by atoms with Crippen LogP contribution in [0.25, 0.3) is 0 Å². The van der Waals surface area contributed by atoms with Crippen molar-refractivity contribution in [3.63, 3.8) is 0 Å². The van der Waals surface area contributed by atoms with E-state index in [1.54, 1.807) is 17.0 Å². The Bertz CT molecular complexity index is 921. The Balaban J connectivity index is 1.83. The van der Waals surface area contributed by atoms with Gasteiger partial charge in [-0.1, -0.05) is 48.4 Å². The van der Waals surface area contributed by atoms with E-state index >= 15 is 0 Å². The molecule has 0 radical (unpaired) electrons.